The van der Waals surface area contributed by atoms with E-state index >= 15 is 0 Å². The highest BCUT2D eigenvalue weighted by atomic mass is 16.5. The Morgan fingerprint density at radius 1 is 1.19 bits per heavy atom. The number of aromatic amines is 1. The van der Waals surface area contributed by atoms with Gasteiger partial charge in [-0.2, -0.15) is 10.2 Å². The number of methoxy groups -OCH3 is 1. The van der Waals surface area contributed by atoms with Gasteiger partial charge >= 0.3 is 0 Å². The first-order valence-electron chi connectivity index (χ1n) is 8.70. The molecular formula is C21H22N4O2. The van der Waals surface area contributed by atoms with Crippen molar-refractivity contribution in [2.45, 2.75) is 19.8 Å². The molecule has 0 saturated heterocycles. The molecule has 0 atom stereocenters. The van der Waals surface area contributed by atoms with Gasteiger partial charge in [0.25, 0.3) is 5.91 Å². The fourth-order valence-corrected chi connectivity index (χ4v) is 2.56. The lowest BCUT2D eigenvalue weighted by Gasteiger charge is -2.04. The molecule has 0 aliphatic carbocycles. The molecule has 6 heteroatoms. The number of H-pyrrole nitrogens is 1. The van der Waals surface area contributed by atoms with E-state index in [0.717, 1.165) is 16.9 Å². The number of ether oxygens (including phenoxy) is 1. The third-order valence-electron chi connectivity index (χ3n) is 4.17. The second-order valence-electron chi connectivity index (χ2n) is 6.42. The van der Waals surface area contributed by atoms with Gasteiger partial charge in [0.15, 0.2) is 0 Å². The van der Waals surface area contributed by atoms with Crippen LogP contribution in [0.2, 0.25) is 0 Å². The lowest BCUT2D eigenvalue weighted by molar-refractivity contribution is 0.0950. The summed E-state index contributed by atoms with van der Waals surface area (Å²) in [6.07, 6.45) is 1.61. The summed E-state index contributed by atoms with van der Waals surface area (Å²) < 4.78 is 5.21. The Bertz CT molecular complexity index is 943. The minimum atomic E-state index is -0.355. The fraction of sp³-hybridized carbons (Fsp3) is 0.190. The number of nitrogens with one attached hydrogen (secondary N) is 2. The molecule has 2 N–H and O–H groups in total. The molecule has 0 aliphatic heterocycles. The Labute approximate surface area is 158 Å². The van der Waals surface area contributed by atoms with E-state index in [1.165, 1.54) is 5.56 Å². The Hall–Kier alpha value is -3.41. The van der Waals surface area contributed by atoms with Crippen molar-refractivity contribution >= 4 is 12.1 Å². The van der Waals surface area contributed by atoms with Crippen molar-refractivity contribution < 1.29 is 9.53 Å². The molecule has 1 aromatic heterocycles. The number of nitrogens with zero attached hydrogens (tertiary/aromatic N) is 2. The second-order valence-corrected chi connectivity index (χ2v) is 6.42. The molecule has 0 spiro atoms. The normalized spacial score (nSPS) is 11.1. The van der Waals surface area contributed by atoms with Crippen LogP contribution in [0.1, 0.15) is 41.4 Å². The van der Waals surface area contributed by atoms with Crippen LogP contribution in [0.15, 0.2) is 59.7 Å². The maximum absolute atomic E-state index is 12.2. The third-order valence-corrected chi connectivity index (χ3v) is 4.17. The molecule has 138 valence electrons. The van der Waals surface area contributed by atoms with Crippen LogP contribution >= 0.6 is 0 Å². The lowest BCUT2D eigenvalue weighted by Crippen LogP contribution is -2.18. The van der Waals surface area contributed by atoms with E-state index < -0.39 is 0 Å². The summed E-state index contributed by atoms with van der Waals surface area (Å²) in [7, 11) is 1.61. The van der Waals surface area contributed by atoms with E-state index in [1.54, 1.807) is 19.4 Å². The summed E-state index contributed by atoms with van der Waals surface area (Å²) in [4.78, 5) is 12.2. The average molecular weight is 362 g/mol. The predicted molar refractivity (Wildman–Crippen MR) is 106 cm³/mol. The van der Waals surface area contributed by atoms with Crippen LogP contribution in [0.25, 0.3) is 11.3 Å². The highest BCUT2D eigenvalue weighted by Crippen LogP contribution is 2.22. The third kappa shape index (κ3) is 4.61. The molecule has 0 aliphatic rings. The van der Waals surface area contributed by atoms with Crippen molar-refractivity contribution in [3.8, 4) is 17.0 Å². The maximum Gasteiger partial charge on any atom is 0.289 e. The van der Waals surface area contributed by atoms with E-state index in [0.29, 0.717) is 17.3 Å². The summed E-state index contributed by atoms with van der Waals surface area (Å²) in [6.45, 7) is 4.29. The van der Waals surface area contributed by atoms with E-state index in [4.69, 9.17) is 4.74 Å². The van der Waals surface area contributed by atoms with Gasteiger partial charge in [0, 0.05) is 5.56 Å². The number of hydrogen-bond donors (Lipinski definition) is 2. The molecule has 0 unspecified atom stereocenters. The monoisotopic (exact) mass is 362 g/mol. The van der Waals surface area contributed by atoms with Crippen LogP contribution in [-0.4, -0.2) is 29.4 Å². The highest BCUT2D eigenvalue weighted by molar-refractivity contribution is 5.94. The van der Waals surface area contributed by atoms with Gasteiger partial charge in [-0.3, -0.25) is 9.89 Å². The van der Waals surface area contributed by atoms with Gasteiger partial charge in [-0.15, -0.1) is 0 Å². The molecule has 0 radical (unpaired) electrons. The smallest absolute Gasteiger partial charge is 0.289 e. The molecule has 1 heterocycles. The molecule has 3 aromatic rings. The van der Waals surface area contributed by atoms with Gasteiger partial charge in [-0.1, -0.05) is 50.2 Å². The summed E-state index contributed by atoms with van der Waals surface area (Å²) in [6, 6.07) is 17.2. The molecular weight excluding hydrogens is 340 g/mol. The van der Waals surface area contributed by atoms with Crippen LogP contribution in [0.5, 0.6) is 5.75 Å². The quantitative estimate of drug-likeness (QED) is 0.514. The van der Waals surface area contributed by atoms with Crippen LogP contribution in [0.3, 0.4) is 0 Å². The van der Waals surface area contributed by atoms with Gasteiger partial charge in [-0.25, -0.2) is 5.43 Å². The summed E-state index contributed by atoms with van der Waals surface area (Å²) >= 11 is 0. The Morgan fingerprint density at radius 2 is 1.96 bits per heavy atom. The molecule has 27 heavy (non-hydrogen) atoms. The van der Waals surface area contributed by atoms with E-state index in [2.05, 4.69) is 46.7 Å². The van der Waals surface area contributed by atoms with Gasteiger partial charge in [0.05, 0.1) is 19.0 Å². The molecule has 0 saturated carbocycles. The number of rotatable bonds is 6. The lowest BCUT2D eigenvalue weighted by atomic mass is 10.0. The zero-order valence-corrected chi connectivity index (χ0v) is 15.6. The van der Waals surface area contributed by atoms with Crippen molar-refractivity contribution in [3.63, 3.8) is 0 Å². The molecule has 0 bridgehead atoms. The minimum absolute atomic E-state index is 0.333. The van der Waals surface area contributed by atoms with Crippen molar-refractivity contribution in [2.24, 2.45) is 5.10 Å². The van der Waals surface area contributed by atoms with Crippen molar-refractivity contribution in [2.75, 3.05) is 7.11 Å². The predicted octanol–water partition coefficient (Wildman–Crippen LogP) is 3.97. The standard InChI is InChI=1S/C21H22N4O2/c1-14(2)16-9-7-15(8-10-16)13-22-25-21(26)20-12-19(23-24-20)17-5-4-6-18(11-17)27-3/h4-14H,1-3H3,(H,23,24)(H,25,26). The summed E-state index contributed by atoms with van der Waals surface area (Å²) in [5.41, 5.74) is 6.54. The van der Waals surface area contributed by atoms with Crippen LogP contribution < -0.4 is 10.2 Å². The number of carbonyl (C=O) groups is 1. The zero-order valence-electron chi connectivity index (χ0n) is 15.6. The Morgan fingerprint density at radius 3 is 2.67 bits per heavy atom. The van der Waals surface area contributed by atoms with Crippen molar-refractivity contribution in [1.29, 1.82) is 0 Å². The molecule has 2 aromatic carbocycles. The number of hydrazone groups is 1. The topological polar surface area (TPSA) is 79.4 Å². The maximum atomic E-state index is 12.2. The van der Waals surface area contributed by atoms with Gasteiger partial charge in [0.1, 0.15) is 11.4 Å². The first kappa shape index (κ1) is 18.4. The SMILES string of the molecule is COc1cccc(-c2cc(C(=O)NN=Cc3ccc(C(C)C)cc3)[nH]n2)c1. The van der Waals surface area contributed by atoms with Crippen LogP contribution in [0.4, 0.5) is 0 Å². The summed E-state index contributed by atoms with van der Waals surface area (Å²) in [5, 5.41) is 10.9. The van der Waals surface area contributed by atoms with E-state index in [9.17, 15) is 4.79 Å². The summed E-state index contributed by atoms with van der Waals surface area (Å²) in [5.74, 6) is 0.858. The van der Waals surface area contributed by atoms with Crippen molar-refractivity contribution in [1.82, 2.24) is 15.6 Å². The molecule has 3 rings (SSSR count). The van der Waals surface area contributed by atoms with Crippen LogP contribution in [0, 0.1) is 0 Å². The average Bonchev–Trinajstić information content (AvgIpc) is 3.19. The van der Waals surface area contributed by atoms with Crippen LogP contribution in [-0.2, 0) is 0 Å². The largest absolute Gasteiger partial charge is 0.497 e. The van der Waals surface area contributed by atoms with Gasteiger partial charge < -0.3 is 4.74 Å². The molecule has 6 nitrogen and oxygen atoms in total. The number of amides is 1. The first-order chi connectivity index (χ1) is 13.1. The highest BCUT2D eigenvalue weighted by Gasteiger charge is 2.10. The fourth-order valence-electron chi connectivity index (χ4n) is 2.56. The Balaban J connectivity index is 1.64. The zero-order chi connectivity index (χ0) is 19.2. The minimum Gasteiger partial charge on any atom is -0.497 e. The number of carbonyl (C=O) groups excluding carboxylic acids is 1. The molecule has 0 fully saturated rings. The first-order valence-corrected chi connectivity index (χ1v) is 8.70. The Kier molecular flexibility index (Phi) is 5.66. The second kappa shape index (κ2) is 8.31. The van der Waals surface area contributed by atoms with Gasteiger partial charge in [0.2, 0.25) is 0 Å². The number of benzene rings is 2. The van der Waals surface area contributed by atoms with Crippen molar-refractivity contribution in [3.05, 3.63) is 71.4 Å². The van der Waals surface area contributed by atoms with E-state index in [-0.39, 0.29) is 5.91 Å². The van der Waals surface area contributed by atoms with E-state index in [1.807, 2.05) is 36.4 Å². The number of hydrogen-bond acceptors (Lipinski definition) is 4. The number of aromatic nitrogens is 2. The molecule has 1 amide bonds. The van der Waals surface area contributed by atoms with Gasteiger partial charge in [-0.05, 0) is 35.2 Å².